The smallest absolute Gasteiger partial charge is 0.269 e. The zero-order chi connectivity index (χ0) is 15.4. The van der Waals surface area contributed by atoms with Crippen molar-refractivity contribution >= 4 is 23.1 Å². The summed E-state index contributed by atoms with van der Waals surface area (Å²) in [6.07, 6.45) is 5.89. The van der Waals surface area contributed by atoms with Crippen molar-refractivity contribution in [2.45, 2.75) is 6.73 Å². The van der Waals surface area contributed by atoms with Crippen LogP contribution in [0.3, 0.4) is 0 Å². The van der Waals surface area contributed by atoms with E-state index in [9.17, 15) is 4.79 Å². The first-order valence-corrected chi connectivity index (χ1v) is 8.92. The third kappa shape index (κ3) is 4.02. The van der Waals surface area contributed by atoms with E-state index in [4.69, 9.17) is 17.0 Å². The largest absolute Gasteiger partial charge is 0.354 e. The van der Waals surface area contributed by atoms with Crippen LogP contribution >= 0.6 is 12.2 Å². The molecule has 0 bridgehead atoms. The maximum Gasteiger partial charge on any atom is 0.269 e. The molecule has 0 spiro atoms. The summed E-state index contributed by atoms with van der Waals surface area (Å²) in [5.74, 6) is 1.57. The third-order valence-electron chi connectivity index (χ3n) is 2.86. The van der Waals surface area contributed by atoms with Crippen LogP contribution in [-0.2, 0) is 29.4 Å². The quantitative estimate of drug-likeness (QED) is 0.476. The molecule has 21 heavy (non-hydrogen) atoms. The Labute approximate surface area is 130 Å². The molecular formula is C12H18N5O2S2+. The van der Waals surface area contributed by atoms with Crippen LogP contribution in [0, 0.1) is 4.77 Å². The van der Waals surface area contributed by atoms with E-state index in [0.29, 0.717) is 33.7 Å². The molecule has 7 nitrogen and oxygen atoms in total. The van der Waals surface area contributed by atoms with Crippen LogP contribution < -0.4 is 5.56 Å². The van der Waals surface area contributed by atoms with E-state index in [1.54, 1.807) is 17.8 Å². The molecule has 2 heterocycles. The molecule has 0 aliphatic rings. The zero-order valence-electron chi connectivity index (χ0n) is 12.2. The van der Waals surface area contributed by atoms with Crippen LogP contribution in [-0.4, -0.2) is 49.4 Å². The van der Waals surface area contributed by atoms with Gasteiger partial charge in [0.05, 0.1) is 25.3 Å². The maximum atomic E-state index is 12.0. The number of rotatable bonds is 6. The molecule has 0 saturated heterocycles. The van der Waals surface area contributed by atoms with Gasteiger partial charge in [-0.15, -0.1) is 0 Å². The average Bonchev–Trinajstić information content (AvgIpc) is 2.76. The molecule has 114 valence electrons. The van der Waals surface area contributed by atoms with Gasteiger partial charge in [0.25, 0.3) is 5.56 Å². The Morgan fingerprint density at radius 3 is 2.81 bits per heavy atom. The fourth-order valence-corrected chi connectivity index (χ4v) is 2.22. The number of nitrogens with one attached hydrogen (secondary N) is 1. The highest BCUT2D eigenvalue weighted by molar-refractivity contribution is 7.95. The monoisotopic (exact) mass is 328 g/mol. The van der Waals surface area contributed by atoms with Crippen molar-refractivity contribution < 1.29 is 4.74 Å². The highest BCUT2D eigenvalue weighted by Gasteiger charge is 2.09. The molecule has 0 aliphatic carbocycles. The average molecular weight is 328 g/mol. The molecule has 2 rings (SSSR count). The summed E-state index contributed by atoms with van der Waals surface area (Å²) in [4.78, 5) is 12.0. The van der Waals surface area contributed by atoms with Crippen molar-refractivity contribution in [2.75, 3.05) is 24.9 Å². The Morgan fingerprint density at radius 2 is 2.24 bits per heavy atom. The minimum atomic E-state index is -0.228. The molecule has 0 saturated carbocycles. The SMILES string of the molecule is Cn1c(-c2cnn(COCC[S+](C)C)c(=O)c2)n[nH]c1=S. The second kappa shape index (κ2) is 7.01. The molecule has 2 aromatic heterocycles. The fourth-order valence-electron chi connectivity index (χ4n) is 1.63. The maximum absolute atomic E-state index is 12.0. The first kappa shape index (κ1) is 15.9. The second-order valence-corrected chi connectivity index (χ2v) is 7.49. The molecule has 0 aromatic carbocycles. The highest BCUT2D eigenvalue weighted by Crippen LogP contribution is 2.12. The van der Waals surface area contributed by atoms with E-state index in [-0.39, 0.29) is 12.3 Å². The summed E-state index contributed by atoms with van der Waals surface area (Å²) in [7, 11) is 2.12. The van der Waals surface area contributed by atoms with Crippen LogP contribution in [0.1, 0.15) is 0 Å². The lowest BCUT2D eigenvalue weighted by atomic mass is 10.3. The number of H-pyrrole nitrogens is 1. The van der Waals surface area contributed by atoms with E-state index in [1.807, 2.05) is 0 Å². The van der Waals surface area contributed by atoms with Gasteiger partial charge in [-0.3, -0.25) is 9.89 Å². The first-order valence-electron chi connectivity index (χ1n) is 6.30. The van der Waals surface area contributed by atoms with E-state index in [2.05, 4.69) is 27.8 Å². The Balaban J connectivity index is 2.09. The minimum absolute atomic E-state index is 0.162. The molecule has 9 heteroatoms. The first-order chi connectivity index (χ1) is 9.99. The summed E-state index contributed by atoms with van der Waals surface area (Å²) in [5, 5.41) is 10.9. The number of ether oxygens (including phenoxy) is 1. The molecular weight excluding hydrogens is 310 g/mol. The van der Waals surface area contributed by atoms with E-state index < -0.39 is 0 Å². The van der Waals surface area contributed by atoms with Crippen LogP contribution in [0.5, 0.6) is 0 Å². The van der Waals surface area contributed by atoms with Gasteiger partial charge in [0.1, 0.15) is 12.5 Å². The van der Waals surface area contributed by atoms with Gasteiger partial charge in [0.2, 0.25) is 0 Å². The molecule has 0 aliphatic heterocycles. The lowest BCUT2D eigenvalue weighted by Crippen LogP contribution is -2.24. The number of aromatic nitrogens is 5. The van der Waals surface area contributed by atoms with Crippen LogP contribution in [0.2, 0.25) is 0 Å². The third-order valence-corrected chi connectivity index (χ3v) is 4.21. The number of hydrogen-bond donors (Lipinski definition) is 1. The summed E-state index contributed by atoms with van der Waals surface area (Å²) in [5.41, 5.74) is 0.392. The summed E-state index contributed by atoms with van der Waals surface area (Å²) in [6.45, 7) is 0.787. The lowest BCUT2D eigenvalue weighted by molar-refractivity contribution is 0.0773. The minimum Gasteiger partial charge on any atom is -0.354 e. The fraction of sp³-hybridized carbons (Fsp3) is 0.500. The molecule has 1 N–H and O–H groups in total. The van der Waals surface area contributed by atoms with Gasteiger partial charge in [0, 0.05) is 18.7 Å². The number of hydrogen-bond acceptors (Lipinski definition) is 5. The zero-order valence-corrected chi connectivity index (χ0v) is 13.8. The Kier molecular flexibility index (Phi) is 5.32. The number of aromatic amines is 1. The van der Waals surface area contributed by atoms with Gasteiger partial charge < -0.3 is 9.30 Å². The van der Waals surface area contributed by atoms with E-state index >= 15 is 0 Å². The van der Waals surface area contributed by atoms with Crippen LogP contribution in [0.4, 0.5) is 0 Å². The molecule has 0 unspecified atom stereocenters. The predicted molar refractivity (Wildman–Crippen MR) is 85.9 cm³/mol. The second-order valence-electron chi connectivity index (χ2n) is 4.72. The van der Waals surface area contributed by atoms with Gasteiger partial charge in [-0.2, -0.15) is 10.2 Å². The lowest BCUT2D eigenvalue weighted by Gasteiger charge is -2.06. The normalized spacial score (nSPS) is 11.2. The molecule has 2 aromatic rings. The van der Waals surface area contributed by atoms with E-state index in [0.717, 1.165) is 5.75 Å². The van der Waals surface area contributed by atoms with Crippen molar-refractivity contribution in [2.24, 2.45) is 7.05 Å². The predicted octanol–water partition coefficient (Wildman–Crippen LogP) is 0.553. The number of nitrogens with zero attached hydrogens (tertiary/aromatic N) is 4. The Bertz CT molecular complexity index is 719. The van der Waals surface area contributed by atoms with Gasteiger partial charge >= 0.3 is 0 Å². The summed E-state index contributed by atoms with van der Waals surface area (Å²) < 4.78 is 8.92. The highest BCUT2D eigenvalue weighted by atomic mass is 32.2. The van der Waals surface area contributed by atoms with Crippen molar-refractivity contribution in [3.63, 3.8) is 0 Å². The van der Waals surface area contributed by atoms with Crippen molar-refractivity contribution in [1.29, 1.82) is 0 Å². The van der Waals surface area contributed by atoms with Crippen molar-refractivity contribution in [3.8, 4) is 11.4 Å². The Morgan fingerprint density at radius 1 is 1.48 bits per heavy atom. The Hall–Kier alpha value is -1.45. The topological polar surface area (TPSA) is 77.7 Å². The molecule has 0 amide bonds. The summed E-state index contributed by atoms with van der Waals surface area (Å²) >= 11 is 5.05. The van der Waals surface area contributed by atoms with Gasteiger partial charge in [-0.25, -0.2) is 4.68 Å². The summed E-state index contributed by atoms with van der Waals surface area (Å²) in [6, 6.07) is 1.48. The van der Waals surface area contributed by atoms with Crippen LogP contribution in [0.25, 0.3) is 11.4 Å². The van der Waals surface area contributed by atoms with Crippen molar-refractivity contribution in [1.82, 2.24) is 24.5 Å². The van der Waals surface area contributed by atoms with E-state index in [1.165, 1.54) is 10.7 Å². The molecule has 0 fully saturated rings. The molecule has 0 atom stereocenters. The van der Waals surface area contributed by atoms with Gasteiger partial charge in [-0.05, 0) is 23.1 Å². The van der Waals surface area contributed by atoms with Gasteiger partial charge in [0.15, 0.2) is 10.6 Å². The molecule has 0 radical (unpaired) electrons. The van der Waals surface area contributed by atoms with Gasteiger partial charge in [-0.1, -0.05) is 0 Å². The standard InChI is InChI=1S/C12H17N5O2S2/c1-16-11(14-15-12(16)20)9-6-10(18)17(13-7-9)8-19-4-5-21(2)3/h6-7H,4-5,8H2,1-3H3/p+1. The van der Waals surface area contributed by atoms with Crippen LogP contribution in [0.15, 0.2) is 17.1 Å². The van der Waals surface area contributed by atoms with Crippen molar-refractivity contribution in [3.05, 3.63) is 27.4 Å².